The van der Waals surface area contributed by atoms with Crippen molar-refractivity contribution in [2.24, 2.45) is 0 Å². The fourth-order valence-corrected chi connectivity index (χ4v) is 5.15. The van der Waals surface area contributed by atoms with E-state index in [1.165, 1.54) is 6.07 Å². The van der Waals surface area contributed by atoms with Crippen LogP contribution in [0.15, 0.2) is 79.0 Å². The number of methoxy groups -OCH3 is 1. The number of nitrogens with zero attached hydrogens (tertiary/aromatic N) is 3. The van der Waals surface area contributed by atoms with Crippen LogP contribution in [0.2, 0.25) is 0 Å². The highest BCUT2D eigenvalue weighted by atomic mass is 32.1. The molecule has 1 fully saturated rings. The zero-order valence-electron chi connectivity index (χ0n) is 19.2. The third-order valence-electron chi connectivity index (χ3n) is 6.31. The average Bonchev–Trinajstić information content (AvgIpc) is 3.35. The molecule has 1 aliphatic heterocycles. The maximum Gasteiger partial charge on any atom is 0.174 e. The molecule has 0 saturated carbocycles. The molecule has 2 aromatic heterocycles. The molecule has 0 radical (unpaired) electrons. The van der Waals surface area contributed by atoms with Crippen LogP contribution in [0.4, 0.5) is 10.1 Å². The Morgan fingerprint density at radius 3 is 2.53 bits per heavy atom. The second-order valence-corrected chi connectivity index (χ2v) is 8.70. The minimum absolute atomic E-state index is 0.243. The number of para-hydroxylation sites is 1. The van der Waals surface area contributed by atoms with E-state index in [-0.39, 0.29) is 17.9 Å². The number of pyridine rings is 1. The molecular formula is C27H25FN4OS. The number of hydrogen-bond acceptors (Lipinski definition) is 3. The first-order valence-electron chi connectivity index (χ1n) is 11.1. The Morgan fingerprint density at radius 2 is 1.79 bits per heavy atom. The Bertz CT molecular complexity index is 1350. The molecule has 0 aliphatic carbocycles. The minimum atomic E-state index is -0.320. The van der Waals surface area contributed by atoms with Crippen molar-refractivity contribution in [1.29, 1.82) is 0 Å². The van der Waals surface area contributed by atoms with E-state index < -0.39 is 0 Å². The van der Waals surface area contributed by atoms with E-state index in [9.17, 15) is 0 Å². The zero-order valence-corrected chi connectivity index (χ0v) is 20.0. The van der Waals surface area contributed by atoms with E-state index in [1.807, 2.05) is 47.4 Å². The number of rotatable bonds is 5. The lowest BCUT2D eigenvalue weighted by Gasteiger charge is -2.28. The number of anilines is 1. The lowest BCUT2D eigenvalue weighted by atomic mass is 9.96. The highest BCUT2D eigenvalue weighted by molar-refractivity contribution is 7.80. The van der Waals surface area contributed by atoms with Gasteiger partial charge in [0.15, 0.2) is 5.11 Å². The van der Waals surface area contributed by atoms with Crippen LogP contribution in [-0.2, 0) is 0 Å². The van der Waals surface area contributed by atoms with Crippen LogP contribution >= 0.6 is 12.2 Å². The molecule has 1 N–H and O–H groups in total. The molecular weight excluding hydrogens is 447 g/mol. The normalized spacial score (nSPS) is 17.6. The third kappa shape index (κ3) is 3.72. The summed E-state index contributed by atoms with van der Waals surface area (Å²) in [6.45, 7) is 4.15. The summed E-state index contributed by atoms with van der Waals surface area (Å²) >= 11 is 5.74. The Balaban J connectivity index is 1.69. The van der Waals surface area contributed by atoms with Crippen molar-refractivity contribution in [3.8, 4) is 11.4 Å². The van der Waals surface area contributed by atoms with Gasteiger partial charge in [-0.15, -0.1) is 0 Å². The van der Waals surface area contributed by atoms with Gasteiger partial charge in [-0.05, 0) is 74.1 Å². The van der Waals surface area contributed by atoms with Gasteiger partial charge in [-0.2, -0.15) is 0 Å². The van der Waals surface area contributed by atoms with Crippen LogP contribution in [0.1, 0.15) is 34.7 Å². The highest BCUT2D eigenvalue weighted by Crippen LogP contribution is 2.44. The molecule has 1 aliphatic rings. The minimum Gasteiger partial charge on any atom is -0.497 e. The summed E-state index contributed by atoms with van der Waals surface area (Å²) in [5.74, 6) is 0.467. The van der Waals surface area contributed by atoms with E-state index in [4.69, 9.17) is 17.0 Å². The predicted molar refractivity (Wildman–Crippen MR) is 136 cm³/mol. The van der Waals surface area contributed by atoms with Gasteiger partial charge in [-0.3, -0.25) is 4.98 Å². The van der Waals surface area contributed by atoms with Crippen molar-refractivity contribution in [3.05, 3.63) is 107 Å². The fraction of sp³-hybridized carbons (Fsp3) is 0.185. The topological polar surface area (TPSA) is 42.3 Å². The standard InChI is InChI=1S/C27H25FN4OS/c1-17-15-21(18(2)31(17)19-9-8-10-20(16-19)33-3)26-25(23-12-6-7-14-29-23)30-27(34)32(26)24-13-5-4-11-22(24)28/h4-16,25-26H,1-3H3,(H,30,34)/t25-,26-/m1/s1. The Hall–Kier alpha value is -3.71. The Labute approximate surface area is 203 Å². The Kier molecular flexibility index (Phi) is 5.79. The summed E-state index contributed by atoms with van der Waals surface area (Å²) < 4.78 is 22.6. The van der Waals surface area contributed by atoms with E-state index in [1.54, 1.807) is 25.4 Å². The molecule has 3 heterocycles. The first-order chi connectivity index (χ1) is 16.5. The van der Waals surface area contributed by atoms with Crippen LogP contribution in [-0.4, -0.2) is 21.8 Å². The average molecular weight is 473 g/mol. The van der Waals surface area contributed by atoms with Gasteiger partial charge in [-0.1, -0.05) is 24.3 Å². The maximum atomic E-state index is 15.0. The molecule has 2 atom stereocenters. The van der Waals surface area contributed by atoms with Crippen LogP contribution in [0.5, 0.6) is 5.75 Å². The molecule has 0 spiro atoms. The molecule has 5 nitrogen and oxygen atoms in total. The first kappa shape index (κ1) is 22.1. The van der Waals surface area contributed by atoms with Crippen LogP contribution < -0.4 is 15.0 Å². The van der Waals surface area contributed by atoms with Gasteiger partial charge in [0.1, 0.15) is 11.6 Å². The molecule has 172 valence electrons. The molecule has 4 aromatic rings. The second-order valence-electron chi connectivity index (χ2n) is 8.31. The van der Waals surface area contributed by atoms with Gasteiger partial charge in [-0.25, -0.2) is 4.39 Å². The third-order valence-corrected chi connectivity index (χ3v) is 6.63. The number of aromatic nitrogens is 2. The zero-order chi connectivity index (χ0) is 23.8. The van der Waals surface area contributed by atoms with Crippen molar-refractivity contribution in [2.75, 3.05) is 12.0 Å². The summed E-state index contributed by atoms with van der Waals surface area (Å²) in [4.78, 5) is 6.47. The van der Waals surface area contributed by atoms with Crippen molar-refractivity contribution in [1.82, 2.24) is 14.9 Å². The van der Waals surface area contributed by atoms with Gasteiger partial charge in [0.2, 0.25) is 0 Å². The summed E-state index contributed by atoms with van der Waals surface area (Å²) in [5, 5.41) is 3.88. The first-order valence-corrected chi connectivity index (χ1v) is 11.5. The molecule has 7 heteroatoms. The molecule has 2 aromatic carbocycles. The maximum absolute atomic E-state index is 15.0. The summed E-state index contributed by atoms with van der Waals surface area (Å²) in [6, 6.07) is 22.1. The summed E-state index contributed by atoms with van der Waals surface area (Å²) in [7, 11) is 1.66. The fourth-order valence-electron chi connectivity index (χ4n) is 4.81. The summed E-state index contributed by atoms with van der Waals surface area (Å²) in [6.07, 6.45) is 1.77. The molecule has 0 amide bonds. The van der Waals surface area contributed by atoms with E-state index in [0.717, 1.165) is 34.1 Å². The SMILES string of the molecule is COc1cccc(-n2c(C)cc([C@@H]3[C@@H](c4ccccn4)NC(=S)N3c3ccccc3F)c2C)c1. The lowest BCUT2D eigenvalue weighted by molar-refractivity contribution is 0.414. The number of aryl methyl sites for hydroxylation is 1. The molecule has 34 heavy (non-hydrogen) atoms. The summed E-state index contributed by atoms with van der Waals surface area (Å²) in [5.41, 5.74) is 5.44. The largest absolute Gasteiger partial charge is 0.497 e. The quantitative estimate of drug-likeness (QED) is 0.371. The van der Waals surface area contributed by atoms with Gasteiger partial charge in [0, 0.05) is 29.3 Å². The second kappa shape index (κ2) is 8.91. The number of hydrogen-bond donors (Lipinski definition) is 1. The molecule has 5 rings (SSSR count). The smallest absolute Gasteiger partial charge is 0.174 e. The van der Waals surface area contributed by atoms with Crippen molar-refractivity contribution >= 4 is 23.0 Å². The molecule has 0 unspecified atom stereocenters. The van der Waals surface area contributed by atoms with Crippen LogP contribution in [0, 0.1) is 19.7 Å². The van der Waals surface area contributed by atoms with E-state index in [2.05, 4.69) is 40.8 Å². The van der Waals surface area contributed by atoms with Crippen molar-refractivity contribution < 1.29 is 9.13 Å². The number of thiocarbonyl (C=S) groups is 1. The van der Waals surface area contributed by atoms with Crippen molar-refractivity contribution in [2.45, 2.75) is 25.9 Å². The van der Waals surface area contributed by atoms with Crippen LogP contribution in [0.3, 0.4) is 0 Å². The van der Waals surface area contributed by atoms with Gasteiger partial charge >= 0.3 is 0 Å². The van der Waals surface area contributed by atoms with E-state index >= 15 is 4.39 Å². The Morgan fingerprint density at radius 1 is 1.00 bits per heavy atom. The van der Waals surface area contributed by atoms with Crippen molar-refractivity contribution in [3.63, 3.8) is 0 Å². The monoisotopic (exact) mass is 472 g/mol. The molecule has 1 saturated heterocycles. The van der Waals surface area contributed by atoms with Gasteiger partial charge in [0.25, 0.3) is 0 Å². The number of benzene rings is 2. The number of ether oxygens (including phenoxy) is 1. The van der Waals surface area contributed by atoms with Gasteiger partial charge < -0.3 is 19.5 Å². The van der Waals surface area contributed by atoms with Gasteiger partial charge in [0.05, 0.1) is 30.6 Å². The van der Waals surface area contributed by atoms with E-state index in [0.29, 0.717) is 10.8 Å². The predicted octanol–water partition coefficient (Wildman–Crippen LogP) is 5.81. The number of halogens is 1. The number of nitrogens with one attached hydrogen (secondary N) is 1. The molecule has 0 bridgehead atoms. The highest BCUT2D eigenvalue weighted by Gasteiger charge is 2.43. The lowest BCUT2D eigenvalue weighted by Crippen LogP contribution is -2.30. The van der Waals surface area contributed by atoms with Crippen LogP contribution in [0.25, 0.3) is 5.69 Å².